The van der Waals surface area contributed by atoms with Gasteiger partial charge in [0.2, 0.25) is 11.8 Å². The van der Waals surface area contributed by atoms with Crippen molar-refractivity contribution >= 4 is 27.7 Å². The highest BCUT2D eigenvalue weighted by Gasteiger charge is 2.33. The van der Waals surface area contributed by atoms with Crippen LogP contribution in [0.5, 0.6) is 0 Å². The summed E-state index contributed by atoms with van der Waals surface area (Å²) < 4.78 is 42.4. The number of rotatable bonds is 11. The number of amides is 2. The fraction of sp³-hybridized carbons (Fsp3) is 0.440. The molecule has 2 rings (SSSR count). The Balaban J connectivity index is 2.46. The van der Waals surface area contributed by atoms with Crippen LogP contribution in [0.3, 0.4) is 0 Å². The number of para-hydroxylation sites is 1. The molecule has 0 saturated heterocycles. The molecule has 0 spiro atoms. The number of nitrogens with one attached hydrogen (secondary N) is 1. The van der Waals surface area contributed by atoms with Crippen molar-refractivity contribution < 1.29 is 22.4 Å². The lowest BCUT2D eigenvalue weighted by Crippen LogP contribution is -2.52. The normalized spacial score (nSPS) is 12.5. The monoisotopic (exact) mass is 506 g/mol. The Morgan fingerprint density at radius 3 is 2.17 bits per heavy atom. The van der Waals surface area contributed by atoms with E-state index in [4.69, 9.17) is 0 Å². The Morgan fingerprint density at radius 1 is 1.00 bits per heavy atom. The number of carbonyl (C=O) groups is 2. The van der Waals surface area contributed by atoms with Crippen LogP contribution in [0.1, 0.15) is 31.9 Å². The van der Waals surface area contributed by atoms with Gasteiger partial charge in [-0.1, -0.05) is 50.2 Å². The predicted octanol–water partition coefficient (Wildman–Crippen LogP) is 2.94. The van der Waals surface area contributed by atoms with Crippen LogP contribution >= 0.6 is 0 Å². The van der Waals surface area contributed by atoms with Crippen molar-refractivity contribution in [2.45, 2.75) is 40.3 Å². The first-order valence-electron chi connectivity index (χ1n) is 11.4. The van der Waals surface area contributed by atoms with E-state index in [-0.39, 0.29) is 24.1 Å². The molecule has 0 fully saturated rings. The molecular formula is C25H35FN4O4S. The average Bonchev–Trinajstić information content (AvgIpc) is 2.80. The van der Waals surface area contributed by atoms with Crippen molar-refractivity contribution in [3.05, 3.63) is 65.5 Å². The van der Waals surface area contributed by atoms with Gasteiger partial charge in [-0.15, -0.1) is 0 Å². The van der Waals surface area contributed by atoms with E-state index >= 15 is 0 Å². The van der Waals surface area contributed by atoms with Crippen LogP contribution in [0.4, 0.5) is 10.1 Å². The zero-order valence-electron chi connectivity index (χ0n) is 21.2. The van der Waals surface area contributed by atoms with E-state index in [9.17, 15) is 22.4 Å². The van der Waals surface area contributed by atoms with Gasteiger partial charge in [0, 0.05) is 27.2 Å². The predicted molar refractivity (Wildman–Crippen MR) is 135 cm³/mol. The Hall–Kier alpha value is -2.98. The van der Waals surface area contributed by atoms with E-state index in [2.05, 4.69) is 5.32 Å². The largest absolute Gasteiger partial charge is 0.354 e. The van der Waals surface area contributed by atoms with Crippen LogP contribution < -0.4 is 9.62 Å². The summed E-state index contributed by atoms with van der Waals surface area (Å²) in [5.41, 5.74) is 1.49. The topological polar surface area (TPSA) is 90.0 Å². The molecule has 2 aromatic carbocycles. The molecule has 0 radical (unpaired) electrons. The van der Waals surface area contributed by atoms with E-state index in [0.717, 1.165) is 25.8 Å². The second-order valence-corrected chi connectivity index (χ2v) is 11.1. The molecule has 192 valence electrons. The number of hydrogen-bond donors (Lipinski definition) is 1. The van der Waals surface area contributed by atoms with Crippen molar-refractivity contribution in [3.63, 3.8) is 0 Å². The molecule has 35 heavy (non-hydrogen) atoms. The average molecular weight is 507 g/mol. The number of anilines is 1. The molecule has 0 unspecified atom stereocenters. The second kappa shape index (κ2) is 12.1. The Morgan fingerprint density at radius 2 is 1.60 bits per heavy atom. The third-order valence-electron chi connectivity index (χ3n) is 5.59. The summed E-state index contributed by atoms with van der Waals surface area (Å²) in [5, 5.41) is 2.83. The Bertz CT molecular complexity index is 1140. The van der Waals surface area contributed by atoms with Gasteiger partial charge in [-0.05, 0) is 43.0 Å². The maximum atomic E-state index is 14.6. The first-order chi connectivity index (χ1) is 16.4. The van der Waals surface area contributed by atoms with Gasteiger partial charge in [-0.2, -0.15) is 12.7 Å². The van der Waals surface area contributed by atoms with Crippen LogP contribution in [0.25, 0.3) is 0 Å². The molecule has 0 aliphatic carbocycles. The summed E-state index contributed by atoms with van der Waals surface area (Å²) in [6, 6.07) is 11.9. The molecule has 0 saturated carbocycles. The van der Waals surface area contributed by atoms with Gasteiger partial charge in [0.05, 0.1) is 5.69 Å². The molecule has 1 N–H and O–H groups in total. The summed E-state index contributed by atoms with van der Waals surface area (Å²) in [5.74, 6) is -1.55. The van der Waals surface area contributed by atoms with Crippen molar-refractivity contribution in [1.29, 1.82) is 0 Å². The molecule has 0 aromatic heterocycles. The van der Waals surface area contributed by atoms with Gasteiger partial charge < -0.3 is 10.2 Å². The SMILES string of the molecule is Cc1ccccc1CN(C(=O)CN(c1ccccc1F)S(=O)(=O)N(C)C)[C@H](C)C(=O)NCC(C)C. The third-order valence-corrected chi connectivity index (χ3v) is 7.40. The fourth-order valence-electron chi connectivity index (χ4n) is 3.36. The minimum atomic E-state index is -4.21. The van der Waals surface area contributed by atoms with Gasteiger partial charge in [-0.25, -0.2) is 8.70 Å². The molecule has 0 aliphatic heterocycles. The van der Waals surface area contributed by atoms with Crippen molar-refractivity contribution in [2.75, 3.05) is 31.5 Å². The van der Waals surface area contributed by atoms with Gasteiger partial charge in [0.15, 0.2) is 0 Å². The number of hydrogen-bond acceptors (Lipinski definition) is 4. The van der Waals surface area contributed by atoms with Crippen LogP contribution in [0.2, 0.25) is 0 Å². The lowest BCUT2D eigenvalue weighted by atomic mass is 10.1. The first-order valence-corrected chi connectivity index (χ1v) is 12.8. The molecule has 0 bridgehead atoms. The van der Waals surface area contributed by atoms with Crippen molar-refractivity contribution in [1.82, 2.24) is 14.5 Å². The maximum absolute atomic E-state index is 14.6. The van der Waals surface area contributed by atoms with Crippen molar-refractivity contribution in [2.24, 2.45) is 5.92 Å². The zero-order valence-corrected chi connectivity index (χ0v) is 22.0. The maximum Gasteiger partial charge on any atom is 0.304 e. The zero-order chi connectivity index (χ0) is 26.3. The molecule has 0 aliphatic rings. The lowest BCUT2D eigenvalue weighted by molar-refractivity contribution is -0.139. The van der Waals surface area contributed by atoms with Gasteiger partial charge in [0.1, 0.15) is 18.4 Å². The molecule has 2 amide bonds. The quantitative estimate of drug-likeness (QED) is 0.508. The summed E-state index contributed by atoms with van der Waals surface area (Å²) in [7, 11) is -1.60. The second-order valence-electron chi connectivity index (χ2n) is 9.01. The summed E-state index contributed by atoms with van der Waals surface area (Å²) in [6.45, 7) is 7.26. The van der Waals surface area contributed by atoms with E-state index in [1.807, 2.05) is 45.0 Å². The molecule has 1 atom stereocenters. The number of carbonyl (C=O) groups excluding carboxylic acids is 2. The number of benzene rings is 2. The van der Waals surface area contributed by atoms with Crippen LogP contribution in [-0.4, -0.2) is 62.7 Å². The number of aryl methyl sites for hydroxylation is 1. The van der Waals surface area contributed by atoms with Crippen LogP contribution in [-0.2, 0) is 26.3 Å². The molecule has 10 heteroatoms. The van der Waals surface area contributed by atoms with Gasteiger partial charge in [-0.3, -0.25) is 9.59 Å². The lowest BCUT2D eigenvalue weighted by Gasteiger charge is -2.33. The minimum absolute atomic E-state index is 0.0922. The molecular weight excluding hydrogens is 471 g/mol. The van der Waals surface area contributed by atoms with Crippen molar-refractivity contribution in [3.8, 4) is 0 Å². The van der Waals surface area contributed by atoms with E-state index in [1.54, 1.807) is 6.92 Å². The van der Waals surface area contributed by atoms with Crippen LogP contribution in [0, 0.1) is 18.7 Å². The van der Waals surface area contributed by atoms with Gasteiger partial charge >= 0.3 is 10.2 Å². The molecule has 0 heterocycles. The highest BCUT2D eigenvalue weighted by molar-refractivity contribution is 7.90. The van der Waals surface area contributed by atoms with E-state index in [0.29, 0.717) is 6.54 Å². The molecule has 8 nitrogen and oxygen atoms in total. The van der Waals surface area contributed by atoms with Crippen LogP contribution in [0.15, 0.2) is 48.5 Å². The highest BCUT2D eigenvalue weighted by Crippen LogP contribution is 2.24. The first kappa shape index (κ1) is 28.3. The Kier molecular flexibility index (Phi) is 9.79. The highest BCUT2D eigenvalue weighted by atomic mass is 32.2. The number of nitrogens with zero attached hydrogens (tertiary/aromatic N) is 3. The van der Waals surface area contributed by atoms with E-state index in [1.165, 1.54) is 37.2 Å². The Labute approximate surface area is 207 Å². The third kappa shape index (κ3) is 7.25. The smallest absolute Gasteiger partial charge is 0.304 e. The summed E-state index contributed by atoms with van der Waals surface area (Å²) in [6.07, 6.45) is 0. The standard InChI is InChI=1S/C25H35FN4O4S/c1-18(2)15-27-25(32)20(4)29(16-21-12-8-7-11-19(21)3)24(31)17-30(35(33,34)28(5)6)23-14-10-9-13-22(23)26/h7-14,18,20H,15-17H2,1-6H3,(H,27,32)/t20-/m1/s1. The summed E-state index contributed by atoms with van der Waals surface area (Å²) in [4.78, 5) is 27.8. The summed E-state index contributed by atoms with van der Waals surface area (Å²) >= 11 is 0. The number of halogens is 1. The van der Waals surface area contributed by atoms with Gasteiger partial charge in [0.25, 0.3) is 0 Å². The van der Waals surface area contributed by atoms with E-state index < -0.39 is 34.5 Å². The minimum Gasteiger partial charge on any atom is -0.354 e. The molecule has 2 aromatic rings. The fourth-order valence-corrected chi connectivity index (χ4v) is 4.43.